The molecule has 2 aromatic carbocycles. The number of sulfonamides is 1. The molecule has 0 radical (unpaired) electrons. The van der Waals surface area contributed by atoms with Crippen molar-refractivity contribution in [3.05, 3.63) is 48.0 Å². The predicted molar refractivity (Wildman–Crippen MR) is 111 cm³/mol. The summed E-state index contributed by atoms with van der Waals surface area (Å²) in [7, 11) is -0.883. The summed E-state index contributed by atoms with van der Waals surface area (Å²) in [6, 6.07) is 10.3. The number of hydrogen-bond donors (Lipinski definition) is 3. The predicted octanol–water partition coefficient (Wildman–Crippen LogP) is 2.14. The summed E-state index contributed by atoms with van der Waals surface area (Å²) in [5.74, 6) is 0.151. The third-order valence-electron chi connectivity index (χ3n) is 3.77. The molecule has 4 N–H and O–H groups in total. The van der Waals surface area contributed by atoms with E-state index in [2.05, 4.69) is 10.0 Å². The van der Waals surface area contributed by atoms with Crippen LogP contribution in [-0.2, 0) is 19.6 Å². The van der Waals surface area contributed by atoms with Crippen LogP contribution in [0.3, 0.4) is 0 Å². The molecule has 0 saturated heterocycles. The highest BCUT2D eigenvalue weighted by Gasteiger charge is 2.19. The lowest BCUT2D eigenvalue weighted by Crippen LogP contribution is -2.39. The first-order valence-electron chi connectivity index (χ1n) is 8.09. The summed E-state index contributed by atoms with van der Waals surface area (Å²) >= 11 is 0. The number of methoxy groups -OCH3 is 2. The van der Waals surface area contributed by atoms with Crippen LogP contribution in [0, 0.1) is 6.92 Å². The highest BCUT2D eigenvalue weighted by molar-refractivity contribution is 7.92. The SMILES string of the molecule is COCC(N)C(=O)Nc1ccc(C)c(S(=O)(=O)Nc2ccc(OC)cc2)c1.Cl. The van der Waals surface area contributed by atoms with Crippen LogP contribution >= 0.6 is 12.4 Å². The number of rotatable bonds is 8. The second kappa shape index (κ2) is 10.3. The topological polar surface area (TPSA) is 120 Å². The van der Waals surface area contributed by atoms with Crippen LogP contribution in [0.25, 0.3) is 0 Å². The Kier molecular flexibility index (Phi) is 8.70. The van der Waals surface area contributed by atoms with Crippen LogP contribution in [0.1, 0.15) is 5.56 Å². The number of anilines is 2. The molecule has 1 atom stereocenters. The van der Waals surface area contributed by atoms with Gasteiger partial charge in [0.25, 0.3) is 10.0 Å². The molecule has 0 saturated carbocycles. The fraction of sp³-hybridized carbons (Fsp3) is 0.278. The van der Waals surface area contributed by atoms with Crippen molar-refractivity contribution < 1.29 is 22.7 Å². The molecule has 0 bridgehead atoms. The second-order valence-electron chi connectivity index (χ2n) is 5.87. The van der Waals surface area contributed by atoms with Gasteiger partial charge in [-0.2, -0.15) is 0 Å². The molecule has 8 nitrogen and oxygen atoms in total. The molecular formula is C18H24ClN3O5S. The molecular weight excluding hydrogens is 406 g/mol. The molecule has 0 aliphatic carbocycles. The van der Waals surface area contributed by atoms with Gasteiger partial charge in [0.1, 0.15) is 11.8 Å². The van der Waals surface area contributed by atoms with Gasteiger partial charge in [0.15, 0.2) is 0 Å². The zero-order valence-electron chi connectivity index (χ0n) is 15.8. The van der Waals surface area contributed by atoms with E-state index < -0.39 is 22.0 Å². The van der Waals surface area contributed by atoms with E-state index in [0.717, 1.165) is 0 Å². The lowest BCUT2D eigenvalue weighted by Gasteiger charge is -2.14. The number of amides is 1. The van der Waals surface area contributed by atoms with Gasteiger partial charge in [0, 0.05) is 18.5 Å². The first-order valence-corrected chi connectivity index (χ1v) is 9.58. The number of aryl methyl sites for hydroxylation is 1. The Morgan fingerprint density at radius 2 is 1.71 bits per heavy atom. The van der Waals surface area contributed by atoms with Crippen molar-refractivity contribution in [3.8, 4) is 5.75 Å². The Morgan fingerprint density at radius 3 is 2.29 bits per heavy atom. The van der Waals surface area contributed by atoms with Crippen molar-refractivity contribution in [2.45, 2.75) is 17.9 Å². The maximum absolute atomic E-state index is 12.8. The van der Waals surface area contributed by atoms with E-state index >= 15 is 0 Å². The van der Waals surface area contributed by atoms with Gasteiger partial charge in [0.05, 0.1) is 18.6 Å². The van der Waals surface area contributed by atoms with E-state index in [1.165, 1.54) is 20.3 Å². The molecule has 0 aromatic heterocycles. The number of hydrogen-bond acceptors (Lipinski definition) is 6. The number of carbonyl (C=O) groups is 1. The zero-order valence-corrected chi connectivity index (χ0v) is 17.4. The van der Waals surface area contributed by atoms with Gasteiger partial charge in [-0.3, -0.25) is 9.52 Å². The van der Waals surface area contributed by atoms with Gasteiger partial charge in [-0.1, -0.05) is 6.07 Å². The van der Waals surface area contributed by atoms with Gasteiger partial charge >= 0.3 is 0 Å². The first-order chi connectivity index (χ1) is 12.8. The number of benzene rings is 2. The van der Waals surface area contributed by atoms with Gasteiger partial charge < -0.3 is 20.5 Å². The molecule has 0 fully saturated rings. The van der Waals surface area contributed by atoms with Gasteiger partial charge in [-0.05, 0) is 48.9 Å². The Labute approximate surface area is 170 Å². The maximum Gasteiger partial charge on any atom is 0.262 e. The molecule has 154 valence electrons. The van der Waals surface area contributed by atoms with Crippen LogP contribution in [0.4, 0.5) is 11.4 Å². The van der Waals surface area contributed by atoms with Crippen molar-refractivity contribution in [1.29, 1.82) is 0 Å². The van der Waals surface area contributed by atoms with E-state index in [-0.39, 0.29) is 23.9 Å². The standard InChI is InChI=1S/C18H23N3O5S.ClH/c1-12-4-5-14(20-18(22)16(19)11-25-2)10-17(12)27(23,24)21-13-6-8-15(26-3)9-7-13;/h4-10,16,21H,11,19H2,1-3H3,(H,20,22);1H. The zero-order chi connectivity index (χ0) is 20.0. The molecule has 0 aliphatic heterocycles. The number of carbonyl (C=O) groups excluding carboxylic acids is 1. The smallest absolute Gasteiger partial charge is 0.262 e. The number of halogens is 1. The van der Waals surface area contributed by atoms with Gasteiger partial charge in [0.2, 0.25) is 5.91 Å². The van der Waals surface area contributed by atoms with E-state index in [1.807, 2.05) is 0 Å². The average molecular weight is 430 g/mol. The summed E-state index contributed by atoms with van der Waals surface area (Å²) in [6.45, 7) is 1.73. The van der Waals surface area contributed by atoms with Gasteiger partial charge in [-0.25, -0.2) is 8.42 Å². The van der Waals surface area contributed by atoms with Crippen LogP contribution < -0.4 is 20.5 Å². The largest absolute Gasteiger partial charge is 0.497 e. The molecule has 1 unspecified atom stereocenters. The molecule has 0 heterocycles. The minimum absolute atomic E-state index is 0. The summed E-state index contributed by atoms with van der Waals surface area (Å²) < 4.78 is 37.9. The van der Waals surface area contributed by atoms with Gasteiger partial charge in [-0.15, -0.1) is 12.4 Å². The molecule has 1 amide bonds. The maximum atomic E-state index is 12.8. The quantitative estimate of drug-likeness (QED) is 0.591. The Hall–Kier alpha value is -2.33. The van der Waals surface area contributed by atoms with E-state index in [4.69, 9.17) is 15.2 Å². The second-order valence-corrected chi connectivity index (χ2v) is 7.52. The molecule has 2 aromatic rings. The molecule has 0 spiro atoms. The lowest BCUT2D eigenvalue weighted by molar-refractivity contribution is -0.118. The van der Waals surface area contributed by atoms with Crippen molar-refractivity contribution in [2.75, 3.05) is 30.9 Å². The Balaban J connectivity index is 0.00000392. The minimum Gasteiger partial charge on any atom is -0.497 e. The normalized spacial score (nSPS) is 11.9. The third-order valence-corrected chi connectivity index (χ3v) is 5.29. The van der Waals surface area contributed by atoms with E-state index in [0.29, 0.717) is 22.7 Å². The fourth-order valence-electron chi connectivity index (χ4n) is 2.33. The van der Waals surface area contributed by atoms with Crippen molar-refractivity contribution >= 4 is 39.7 Å². The Morgan fingerprint density at radius 1 is 1.11 bits per heavy atom. The Bertz CT molecular complexity index is 904. The monoisotopic (exact) mass is 429 g/mol. The van der Waals surface area contributed by atoms with Crippen LogP contribution in [0.2, 0.25) is 0 Å². The van der Waals surface area contributed by atoms with E-state index in [1.54, 1.807) is 43.3 Å². The highest BCUT2D eigenvalue weighted by atomic mass is 35.5. The number of nitrogens with one attached hydrogen (secondary N) is 2. The van der Waals surface area contributed by atoms with E-state index in [9.17, 15) is 13.2 Å². The van der Waals surface area contributed by atoms with Crippen LogP contribution in [-0.4, -0.2) is 41.2 Å². The van der Waals surface area contributed by atoms with Crippen LogP contribution in [0.5, 0.6) is 5.75 Å². The van der Waals surface area contributed by atoms with Crippen molar-refractivity contribution in [2.24, 2.45) is 5.73 Å². The number of ether oxygens (including phenoxy) is 2. The summed E-state index contributed by atoms with van der Waals surface area (Å²) in [5, 5.41) is 2.59. The molecule has 0 aliphatic rings. The summed E-state index contributed by atoms with van der Waals surface area (Å²) in [6.07, 6.45) is 0. The molecule has 10 heteroatoms. The molecule has 28 heavy (non-hydrogen) atoms. The van der Waals surface area contributed by atoms with Crippen molar-refractivity contribution in [1.82, 2.24) is 0 Å². The number of nitrogens with two attached hydrogens (primary N) is 1. The molecule has 2 rings (SSSR count). The first kappa shape index (κ1) is 23.7. The highest BCUT2D eigenvalue weighted by Crippen LogP contribution is 2.24. The minimum atomic E-state index is -3.85. The average Bonchev–Trinajstić information content (AvgIpc) is 2.63. The van der Waals surface area contributed by atoms with Crippen LogP contribution in [0.15, 0.2) is 47.4 Å². The lowest BCUT2D eigenvalue weighted by atomic mass is 10.2. The fourth-order valence-corrected chi connectivity index (χ4v) is 3.66. The third kappa shape index (κ3) is 6.10. The summed E-state index contributed by atoms with van der Waals surface area (Å²) in [4.78, 5) is 12.1. The van der Waals surface area contributed by atoms with Crippen molar-refractivity contribution in [3.63, 3.8) is 0 Å². The summed E-state index contributed by atoms with van der Waals surface area (Å²) in [5.41, 5.74) is 6.94.